The number of hydrogen-bond donors (Lipinski definition) is 0. The van der Waals surface area contributed by atoms with Crippen LogP contribution in [0.4, 0.5) is 0 Å². The summed E-state index contributed by atoms with van der Waals surface area (Å²) in [6, 6.07) is 5.57. The molecule has 3 nitrogen and oxygen atoms in total. The van der Waals surface area contributed by atoms with E-state index in [1.807, 2.05) is 19.1 Å². The molecule has 0 aliphatic heterocycles. The van der Waals surface area contributed by atoms with Gasteiger partial charge in [-0.05, 0) is 47.7 Å². The van der Waals surface area contributed by atoms with Crippen LogP contribution in [0.15, 0.2) is 27.5 Å². The smallest absolute Gasteiger partial charge is 0.290 e. The Hall–Kier alpha value is -0.780. The van der Waals surface area contributed by atoms with E-state index in [4.69, 9.17) is 4.52 Å². The van der Waals surface area contributed by atoms with Crippen LogP contribution in [0.5, 0.6) is 0 Å². The molecule has 0 saturated heterocycles. The van der Waals surface area contributed by atoms with Crippen molar-refractivity contribution in [3.63, 3.8) is 0 Å². The van der Waals surface area contributed by atoms with Crippen LogP contribution < -0.4 is 5.56 Å². The molecule has 2 rings (SSSR count). The maximum atomic E-state index is 11.5. The minimum Gasteiger partial charge on any atom is -0.376 e. The van der Waals surface area contributed by atoms with E-state index in [-0.39, 0.29) is 5.56 Å². The highest BCUT2D eigenvalue weighted by Gasteiger charge is 2.07. The molecule has 1 heterocycles. The third-order valence-electron chi connectivity index (χ3n) is 1.90. The first-order valence-corrected chi connectivity index (χ1v) is 5.09. The van der Waals surface area contributed by atoms with Crippen molar-refractivity contribution in [1.29, 1.82) is 0 Å². The highest BCUT2D eigenvalue weighted by atomic mass is 127. The quantitative estimate of drug-likeness (QED) is 0.755. The van der Waals surface area contributed by atoms with Crippen molar-refractivity contribution >= 4 is 33.6 Å². The molecule has 1 aromatic carbocycles. The van der Waals surface area contributed by atoms with Crippen LogP contribution in [0.3, 0.4) is 0 Å². The number of aryl methyl sites for hydroxylation is 1. The Morgan fingerprint density at radius 3 is 3.00 bits per heavy atom. The largest absolute Gasteiger partial charge is 0.376 e. The average molecular weight is 289 g/mol. The number of aromatic nitrogens is 1. The first kappa shape index (κ1) is 8.80. The van der Waals surface area contributed by atoms with E-state index in [1.54, 1.807) is 6.07 Å². The highest BCUT2D eigenvalue weighted by molar-refractivity contribution is 14.1. The summed E-state index contributed by atoms with van der Waals surface area (Å²) in [4.78, 5) is 11.5. The van der Waals surface area contributed by atoms with Crippen LogP contribution in [0.2, 0.25) is 0 Å². The summed E-state index contributed by atoms with van der Waals surface area (Å²) in [5, 5.41) is 0.655. The summed E-state index contributed by atoms with van der Waals surface area (Å²) in [5.74, 6) is 0. The Kier molecular flexibility index (Phi) is 2.15. The molecule has 0 aliphatic carbocycles. The zero-order chi connectivity index (χ0) is 9.42. The van der Waals surface area contributed by atoms with Crippen molar-refractivity contribution in [1.82, 2.24) is 4.74 Å². The highest BCUT2D eigenvalue weighted by Crippen LogP contribution is 2.14. The second-order valence-corrected chi connectivity index (χ2v) is 3.98. The van der Waals surface area contributed by atoms with Gasteiger partial charge in [0.15, 0.2) is 5.58 Å². The molecule has 0 amide bonds. The molecular weight excluding hydrogens is 281 g/mol. The van der Waals surface area contributed by atoms with E-state index >= 15 is 0 Å². The minimum absolute atomic E-state index is 0.0473. The number of fused-ring (bicyclic) bond motifs is 1. The number of halogens is 1. The molecule has 0 aliphatic rings. The van der Waals surface area contributed by atoms with Gasteiger partial charge in [0.25, 0.3) is 5.56 Å². The topological polar surface area (TPSA) is 35.1 Å². The van der Waals surface area contributed by atoms with Crippen LogP contribution in [0.1, 0.15) is 6.92 Å². The van der Waals surface area contributed by atoms with Gasteiger partial charge in [0.1, 0.15) is 0 Å². The molecule has 0 unspecified atom stereocenters. The molecule has 0 bridgehead atoms. The lowest BCUT2D eigenvalue weighted by Crippen LogP contribution is -2.12. The molecule has 1 aromatic heterocycles. The summed E-state index contributed by atoms with van der Waals surface area (Å²) in [6.07, 6.45) is 0. The molecule has 0 spiro atoms. The average Bonchev–Trinajstić information content (AvgIpc) is 2.42. The Balaban J connectivity index is 2.84. The van der Waals surface area contributed by atoms with Crippen LogP contribution in [-0.2, 0) is 6.54 Å². The van der Waals surface area contributed by atoms with Crippen LogP contribution in [-0.4, -0.2) is 4.74 Å². The van der Waals surface area contributed by atoms with Crippen LogP contribution in [0, 0.1) is 3.57 Å². The van der Waals surface area contributed by atoms with E-state index in [0.717, 1.165) is 3.57 Å². The van der Waals surface area contributed by atoms with Gasteiger partial charge >= 0.3 is 0 Å². The monoisotopic (exact) mass is 289 g/mol. The summed E-state index contributed by atoms with van der Waals surface area (Å²) in [5.41, 5.74) is 0.618. The van der Waals surface area contributed by atoms with E-state index in [1.165, 1.54) is 4.74 Å². The van der Waals surface area contributed by atoms with Crippen molar-refractivity contribution in [3.8, 4) is 0 Å². The zero-order valence-electron chi connectivity index (χ0n) is 7.08. The van der Waals surface area contributed by atoms with E-state index in [2.05, 4.69) is 22.6 Å². The molecule has 0 fully saturated rings. The SMILES string of the molecule is CCn1oc2cc(I)ccc2c1=O. The summed E-state index contributed by atoms with van der Waals surface area (Å²) < 4.78 is 7.76. The van der Waals surface area contributed by atoms with Crippen molar-refractivity contribution in [3.05, 3.63) is 32.1 Å². The fourth-order valence-electron chi connectivity index (χ4n) is 1.25. The lowest BCUT2D eigenvalue weighted by atomic mass is 10.3. The lowest BCUT2D eigenvalue weighted by Gasteiger charge is -1.88. The Morgan fingerprint density at radius 1 is 1.54 bits per heavy atom. The predicted octanol–water partition coefficient (Wildman–Crippen LogP) is 2.22. The second kappa shape index (κ2) is 3.17. The fraction of sp³-hybridized carbons (Fsp3) is 0.222. The molecule has 0 radical (unpaired) electrons. The molecule has 0 N–H and O–H groups in total. The Bertz CT molecular complexity index is 498. The van der Waals surface area contributed by atoms with Gasteiger partial charge in [0.05, 0.1) is 11.9 Å². The summed E-state index contributed by atoms with van der Waals surface area (Å²) >= 11 is 2.19. The molecule has 0 atom stereocenters. The third kappa shape index (κ3) is 1.39. The van der Waals surface area contributed by atoms with Gasteiger partial charge < -0.3 is 4.52 Å². The summed E-state index contributed by atoms with van der Waals surface area (Å²) in [6.45, 7) is 2.46. The minimum atomic E-state index is -0.0473. The normalized spacial score (nSPS) is 10.9. The fourth-order valence-corrected chi connectivity index (χ4v) is 1.71. The number of hydrogen-bond acceptors (Lipinski definition) is 2. The van der Waals surface area contributed by atoms with Gasteiger partial charge in [0, 0.05) is 3.57 Å². The maximum absolute atomic E-state index is 11.5. The molecule has 68 valence electrons. The van der Waals surface area contributed by atoms with Crippen LogP contribution in [0.25, 0.3) is 11.0 Å². The molecular formula is C9H8INO2. The van der Waals surface area contributed by atoms with E-state index in [0.29, 0.717) is 17.5 Å². The lowest BCUT2D eigenvalue weighted by molar-refractivity contribution is 0.293. The molecule has 13 heavy (non-hydrogen) atoms. The number of rotatable bonds is 1. The van der Waals surface area contributed by atoms with E-state index in [9.17, 15) is 4.79 Å². The first-order valence-electron chi connectivity index (χ1n) is 4.01. The molecule has 4 heteroatoms. The van der Waals surface area contributed by atoms with Gasteiger partial charge in [-0.2, -0.15) is 4.74 Å². The molecule has 2 aromatic rings. The predicted molar refractivity (Wildman–Crippen MR) is 58.9 cm³/mol. The molecule has 0 saturated carbocycles. The van der Waals surface area contributed by atoms with Gasteiger partial charge in [-0.3, -0.25) is 4.79 Å². The van der Waals surface area contributed by atoms with Crippen molar-refractivity contribution in [2.24, 2.45) is 0 Å². The maximum Gasteiger partial charge on any atom is 0.290 e. The van der Waals surface area contributed by atoms with E-state index < -0.39 is 0 Å². The van der Waals surface area contributed by atoms with Gasteiger partial charge in [-0.25, -0.2) is 0 Å². The number of nitrogens with zero attached hydrogens (tertiary/aromatic N) is 1. The van der Waals surface area contributed by atoms with Gasteiger partial charge in [0.2, 0.25) is 0 Å². The van der Waals surface area contributed by atoms with Crippen molar-refractivity contribution in [2.45, 2.75) is 13.5 Å². The standard InChI is InChI=1S/C9H8INO2/c1-2-11-9(12)7-4-3-6(10)5-8(7)13-11/h3-5H,2H2,1H3. The first-order chi connectivity index (χ1) is 6.22. The third-order valence-corrected chi connectivity index (χ3v) is 2.57. The second-order valence-electron chi connectivity index (χ2n) is 2.73. The van der Waals surface area contributed by atoms with Gasteiger partial charge in [-0.15, -0.1) is 0 Å². The van der Waals surface area contributed by atoms with Crippen molar-refractivity contribution < 1.29 is 4.52 Å². The van der Waals surface area contributed by atoms with Gasteiger partial charge in [-0.1, -0.05) is 0 Å². The van der Waals surface area contributed by atoms with Crippen molar-refractivity contribution in [2.75, 3.05) is 0 Å². The Labute approximate surface area is 88.4 Å². The Morgan fingerprint density at radius 2 is 2.31 bits per heavy atom. The van der Waals surface area contributed by atoms with Crippen LogP contribution >= 0.6 is 22.6 Å². The number of benzene rings is 1. The summed E-state index contributed by atoms with van der Waals surface area (Å²) in [7, 11) is 0. The zero-order valence-corrected chi connectivity index (χ0v) is 9.24.